The molecular formula is C9H9F2NO. The molecule has 1 aromatic carbocycles. The van der Waals surface area contributed by atoms with Crippen LogP contribution in [0.2, 0.25) is 0 Å². The standard InChI is InChI=1S/C9H9F2NO/c10-6-3-5-8(12)1-2-13-9(5)4-7(6)11/h3-4,8H,1-2,12H2/i8D. The molecule has 0 aliphatic carbocycles. The van der Waals surface area contributed by atoms with Crippen molar-refractivity contribution in [2.24, 2.45) is 5.73 Å². The van der Waals surface area contributed by atoms with E-state index in [-0.39, 0.29) is 24.3 Å². The zero-order chi connectivity index (χ0) is 10.3. The van der Waals surface area contributed by atoms with Gasteiger partial charge in [-0.15, -0.1) is 0 Å². The highest BCUT2D eigenvalue weighted by atomic mass is 19.2. The molecule has 0 radical (unpaired) electrons. The molecule has 1 aromatic rings. The fourth-order valence-electron chi connectivity index (χ4n) is 1.30. The molecule has 13 heavy (non-hydrogen) atoms. The second-order valence-electron chi connectivity index (χ2n) is 2.89. The van der Waals surface area contributed by atoms with E-state index in [1.165, 1.54) is 0 Å². The Balaban J connectivity index is 2.59. The first-order valence-corrected chi connectivity index (χ1v) is 3.92. The van der Waals surface area contributed by atoms with Gasteiger partial charge < -0.3 is 10.5 Å². The Morgan fingerprint density at radius 3 is 2.92 bits per heavy atom. The summed E-state index contributed by atoms with van der Waals surface area (Å²) in [6.45, 7) is 0.248. The van der Waals surface area contributed by atoms with E-state index in [2.05, 4.69) is 0 Å². The Bertz CT molecular complexity index is 381. The van der Waals surface area contributed by atoms with Gasteiger partial charge in [-0.3, -0.25) is 0 Å². The summed E-state index contributed by atoms with van der Waals surface area (Å²) in [5.74, 6) is -1.83. The van der Waals surface area contributed by atoms with Gasteiger partial charge in [0.15, 0.2) is 11.6 Å². The monoisotopic (exact) mass is 186 g/mol. The minimum Gasteiger partial charge on any atom is -0.493 e. The van der Waals surface area contributed by atoms with Crippen LogP contribution < -0.4 is 10.5 Å². The van der Waals surface area contributed by atoms with Crippen molar-refractivity contribution in [2.75, 3.05) is 6.61 Å². The van der Waals surface area contributed by atoms with Crippen LogP contribution in [0.4, 0.5) is 8.78 Å². The number of benzene rings is 1. The highest BCUT2D eigenvalue weighted by Crippen LogP contribution is 2.31. The van der Waals surface area contributed by atoms with Crippen LogP contribution in [0.25, 0.3) is 0 Å². The van der Waals surface area contributed by atoms with Crippen molar-refractivity contribution < 1.29 is 14.9 Å². The Morgan fingerprint density at radius 1 is 1.46 bits per heavy atom. The number of hydrogen-bond acceptors (Lipinski definition) is 2. The quantitative estimate of drug-likeness (QED) is 0.669. The molecule has 4 heteroatoms. The molecule has 70 valence electrons. The van der Waals surface area contributed by atoms with Gasteiger partial charge in [-0.05, 0) is 6.07 Å². The van der Waals surface area contributed by atoms with Crippen molar-refractivity contribution in [2.45, 2.75) is 12.4 Å². The van der Waals surface area contributed by atoms with Gasteiger partial charge in [-0.25, -0.2) is 8.78 Å². The molecule has 0 aromatic heterocycles. The molecule has 2 N–H and O–H groups in total. The fraction of sp³-hybridized carbons (Fsp3) is 0.333. The first-order valence-electron chi connectivity index (χ1n) is 4.42. The summed E-state index contributed by atoms with van der Waals surface area (Å²) in [6, 6.07) is 0.471. The van der Waals surface area contributed by atoms with E-state index < -0.39 is 17.7 Å². The van der Waals surface area contributed by atoms with Gasteiger partial charge in [-0.1, -0.05) is 0 Å². The molecule has 1 unspecified atom stereocenters. The third-order valence-corrected chi connectivity index (χ3v) is 2.00. The number of hydrogen-bond donors (Lipinski definition) is 1. The number of nitrogens with two attached hydrogens (primary N) is 1. The topological polar surface area (TPSA) is 35.2 Å². The minimum absolute atomic E-state index is 0.160. The zero-order valence-corrected chi connectivity index (χ0v) is 6.81. The van der Waals surface area contributed by atoms with Gasteiger partial charge in [0, 0.05) is 24.1 Å². The van der Waals surface area contributed by atoms with Gasteiger partial charge in [0.25, 0.3) is 0 Å². The van der Waals surface area contributed by atoms with Gasteiger partial charge in [0.1, 0.15) is 5.75 Å². The Kier molecular flexibility index (Phi) is 1.65. The number of rotatable bonds is 0. The molecule has 0 saturated carbocycles. The van der Waals surface area contributed by atoms with E-state index in [0.717, 1.165) is 12.1 Å². The van der Waals surface area contributed by atoms with Crippen LogP contribution in [0.5, 0.6) is 5.75 Å². The summed E-state index contributed by atoms with van der Waals surface area (Å²) in [7, 11) is 0. The maximum Gasteiger partial charge on any atom is 0.162 e. The van der Waals surface area contributed by atoms with Crippen molar-refractivity contribution >= 4 is 0 Å². The van der Waals surface area contributed by atoms with Crippen LogP contribution in [0.1, 0.15) is 19.4 Å². The number of ether oxygens (including phenoxy) is 1. The van der Waals surface area contributed by atoms with E-state index in [0.29, 0.717) is 0 Å². The van der Waals surface area contributed by atoms with Crippen LogP contribution in [-0.2, 0) is 0 Å². The molecule has 2 nitrogen and oxygen atoms in total. The lowest BCUT2D eigenvalue weighted by atomic mass is 10.0. The Labute approximate surface area is 75.7 Å². The van der Waals surface area contributed by atoms with E-state index in [9.17, 15) is 8.78 Å². The van der Waals surface area contributed by atoms with Crippen LogP contribution in [0.15, 0.2) is 12.1 Å². The summed E-state index contributed by atoms with van der Waals surface area (Å²) in [5.41, 5.74) is 5.80. The molecule has 1 aliphatic heterocycles. The normalized spacial score (nSPS) is 27.5. The van der Waals surface area contributed by atoms with Crippen molar-refractivity contribution in [1.29, 1.82) is 0 Å². The van der Waals surface area contributed by atoms with E-state index in [1.54, 1.807) is 0 Å². The minimum atomic E-state index is -1.39. The number of fused-ring (bicyclic) bond motifs is 1. The van der Waals surface area contributed by atoms with Gasteiger partial charge in [0.2, 0.25) is 0 Å². The van der Waals surface area contributed by atoms with Gasteiger partial charge in [0.05, 0.1) is 7.98 Å². The van der Waals surface area contributed by atoms with E-state index in [1.807, 2.05) is 0 Å². The van der Waals surface area contributed by atoms with Crippen molar-refractivity contribution in [3.05, 3.63) is 29.3 Å². The summed E-state index contributed by atoms with van der Waals surface area (Å²) < 4.78 is 38.5. The summed E-state index contributed by atoms with van der Waals surface area (Å²) >= 11 is 0. The van der Waals surface area contributed by atoms with E-state index >= 15 is 0 Å². The van der Waals surface area contributed by atoms with Crippen LogP contribution >= 0.6 is 0 Å². The van der Waals surface area contributed by atoms with E-state index in [4.69, 9.17) is 11.8 Å². The predicted molar refractivity (Wildman–Crippen MR) is 43.4 cm³/mol. The molecule has 1 atom stereocenters. The Morgan fingerprint density at radius 2 is 2.15 bits per heavy atom. The average molecular weight is 186 g/mol. The molecule has 0 saturated heterocycles. The molecule has 1 aliphatic rings. The third-order valence-electron chi connectivity index (χ3n) is 2.00. The second kappa shape index (κ2) is 2.96. The smallest absolute Gasteiger partial charge is 0.162 e. The third kappa shape index (κ3) is 1.37. The first-order chi connectivity index (χ1) is 6.50. The molecule has 0 bridgehead atoms. The molecule has 1 heterocycles. The number of halogens is 2. The zero-order valence-electron chi connectivity index (χ0n) is 7.81. The molecule has 0 amide bonds. The highest BCUT2D eigenvalue weighted by Gasteiger charge is 2.20. The lowest BCUT2D eigenvalue weighted by Crippen LogP contribution is -2.21. The van der Waals surface area contributed by atoms with Gasteiger partial charge in [-0.2, -0.15) is 0 Å². The maximum absolute atomic E-state index is 12.9. The predicted octanol–water partition coefficient (Wildman–Crippen LogP) is 1.75. The Hall–Kier alpha value is -1.16. The lowest BCUT2D eigenvalue weighted by Gasteiger charge is -2.22. The summed E-state index contributed by atoms with van der Waals surface area (Å²) in [6.07, 6.45) is 0.269. The molecule has 2 rings (SSSR count). The van der Waals surface area contributed by atoms with Crippen LogP contribution in [-0.4, -0.2) is 6.61 Å². The van der Waals surface area contributed by atoms with Crippen molar-refractivity contribution in [3.8, 4) is 5.75 Å². The molecule has 0 spiro atoms. The summed E-state index contributed by atoms with van der Waals surface area (Å²) in [4.78, 5) is 0. The van der Waals surface area contributed by atoms with Crippen LogP contribution in [0, 0.1) is 11.6 Å². The van der Waals surface area contributed by atoms with Crippen molar-refractivity contribution in [3.63, 3.8) is 0 Å². The average Bonchev–Trinajstić information content (AvgIpc) is 2.08. The highest BCUT2D eigenvalue weighted by molar-refractivity contribution is 5.38. The fourth-order valence-corrected chi connectivity index (χ4v) is 1.30. The largest absolute Gasteiger partial charge is 0.493 e. The lowest BCUT2D eigenvalue weighted by molar-refractivity contribution is 0.265. The van der Waals surface area contributed by atoms with Crippen LogP contribution in [0.3, 0.4) is 0 Å². The van der Waals surface area contributed by atoms with Crippen molar-refractivity contribution in [1.82, 2.24) is 0 Å². The maximum atomic E-state index is 12.9. The summed E-state index contributed by atoms with van der Waals surface area (Å²) in [5, 5.41) is 0. The van der Waals surface area contributed by atoms with Gasteiger partial charge >= 0.3 is 0 Å². The molecule has 0 fully saturated rings. The molecular weight excluding hydrogens is 176 g/mol. The SMILES string of the molecule is [2H]C1(N)CCOc2cc(F)c(F)cc21. The first kappa shape index (κ1) is 7.26. The second-order valence-corrected chi connectivity index (χ2v) is 2.89.